The smallest absolute Gasteiger partial charge is 0.227 e. The zero-order chi connectivity index (χ0) is 14.5. The van der Waals surface area contributed by atoms with Crippen LogP contribution in [0.2, 0.25) is 5.02 Å². The number of amides is 2. The summed E-state index contributed by atoms with van der Waals surface area (Å²) >= 11 is 5.97. The molecule has 1 heterocycles. The summed E-state index contributed by atoms with van der Waals surface area (Å²) < 4.78 is 5.53. The quantitative estimate of drug-likeness (QED) is 0.891. The summed E-state index contributed by atoms with van der Waals surface area (Å²) in [7, 11) is 1.71. The SMILES string of the molecule is CN(CCOc1ccccc1Cl)C(=O)C1CNC(=O)C1. The van der Waals surface area contributed by atoms with E-state index in [4.69, 9.17) is 16.3 Å². The molecular weight excluding hydrogens is 280 g/mol. The molecule has 1 fully saturated rings. The molecule has 1 saturated heterocycles. The van der Waals surface area contributed by atoms with Gasteiger partial charge in [0.1, 0.15) is 12.4 Å². The van der Waals surface area contributed by atoms with Crippen molar-refractivity contribution in [2.75, 3.05) is 26.7 Å². The number of nitrogens with one attached hydrogen (secondary N) is 1. The number of halogens is 1. The van der Waals surface area contributed by atoms with E-state index in [1.165, 1.54) is 0 Å². The first-order chi connectivity index (χ1) is 9.58. The van der Waals surface area contributed by atoms with Crippen LogP contribution >= 0.6 is 11.6 Å². The molecule has 2 rings (SSSR count). The number of hydrogen-bond donors (Lipinski definition) is 1. The Hall–Kier alpha value is -1.75. The lowest BCUT2D eigenvalue weighted by molar-refractivity contribution is -0.134. The number of rotatable bonds is 5. The number of hydrogen-bond acceptors (Lipinski definition) is 3. The highest BCUT2D eigenvalue weighted by Crippen LogP contribution is 2.22. The summed E-state index contributed by atoms with van der Waals surface area (Å²) in [4.78, 5) is 24.7. The van der Waals surface area contributed by atoms with Crippen molar-refractivity contribution in [3.05, 3.63) is 29.3 Å². The minimum atomic E-state index is -0.257. The van der Waals surface area contributed by atoms with E-state index >= 15 is 0 Å². The number of carbonyl (C=O) groups is 2. The Bertz CT molecular complexity index is 507. The third kappa shape index (κ3) is 3.63. The van der Waals surface area contributed by atoms with Gasteiger partial charge >= 0.3 is 0 Å². The highest BCUT2D eigenvalue weighted by Gasteiger charge is 2.29. The van der Waals surface area contributed by atoms with Crippen LogP contribution in [-0.4, -0.2) is 43.5 Å². The standard InChI is InChI=1S/C14H17ClN2O3/c1-17(14(19)10-8-13(18)16-9-10)6-7-20-12-5-3-2-4-11(12)15/h2-5,10H,6-9H2,1H3,(H,16,18). The molecule has 108 valence electrons. The van der Waals surface area contributed by atoms with Gasteiger partial charge < -0.3 is 15.0 Å². The summed E-state index contributed by atoms with van der Waals surface area (Å²) in [6, 6.07) is 7.20. The van der Waals surface area contributed by atoms with Gasteiger partial charge in [-0.15, -0.1) is 0 Å². The second kappa shape index (κ2) is 6.61. The van der Waals surface area contributed by atoms with E-state index in [1.54, 1.807) is 24.1 Å². The van der Waals surface area contributed by atoms with Crippen molar-refractivity contribution >= 4 is 23.4 Å². The van der Waals surface area contributed by atoms with Crippen molar-refractivity contribution < 1.29 is 14.3 Å². The van der Waals surface area contributed by atoms with E-state index in [0.717, 1.165) is 0 Å². The van der Waals surface area contributed by atoms with Crippen LogP contribution in [0.4, 0.5) is 0 Å². The van der Waals surface area contributed by atoms with Gasteiger partial charge in [-0.2, -0.15) is 0 Å². The first-order valence-corrected chi connectivity index (χ1v) is 6.84. The Morgan fingerprint density at radius 3 is 2.90 bits per heavy atom. The van der Waals surface area contributed by atoms with E-state index in [9.17, 15) is 9.59 Å². The fraction of sp³-hybridized carbons (Fsp3) is 0.429. The molecule has 6 heteroatoms. The zero-order valence-corrected chi connectivity index (χ0v) is 12.0. The highest BCUT2D eigenvalue weighted by atomic mass is 35.5. The summed E-state index contributed by atoms with van der Waals surface area (Å²) in [6.45, 7) is 1.24. The van der Waals surface area contributed by atoms with Gasteiger partial charge in [0.15, 0.2) is 0 Å². The van der Waals surface area contributed by atoms with Crippen LogP contribution in [0.1, 0.15) is 6.42 Å². The van der Waals surface area contributed by atoms with Crippen LogP contribution in [-0.2, 0) is 9.59 Å². The Labute approximate surface area is 122 Å². The maximum atomic E-state index is 12.1. The second-order valence-electron chi connectivity index (χ2n) is 4.74. The van der Waals surface area contributed by atoms with Crippen molar-refractivity contribution in [3.8, 4) is 5.75 Å². The first-order valence-electron chi connectivity index (χ1n) is 6.47. The van der Waals surface area contributed by atoms with E-state index in [-0.39, 0.29) is 24.2 Å². The third-order valence-corrected chi connectivity index (χ3v) is 3.54. The first kappa shape index (κ1) is 14.7. The molecule has 2 amide bonds. The maximum absolute atomic E-state index is 12.1. The van der Waals surface area contributed by atoms with Gasteiger partial charge in [0.2, 0.25) is 11.8 Å². The number of para-hydroxylation sites is 1. The van der Waals surface area contributed by atoms with Gasteiger partial charge in [0, 0.05) is 20.0 Å². The summed E-state index contributed by atoms with van der Waals surface area (Å²) in [5, 5.41) is 3.21. The van der Waals surface area contributed by atoms with Crippen LogP contribution < -0.4 is 10.1 Å². The number of ether oxygens (including phenoxy) is 1. The minimum absolute atomic E-state index is 0.0360. The monoisotopic (exact) mass is 296 g/mol. The lowest BCUT2D eigenvalue weighted by Crippen LogP contribution is -2.36. The van der Waals surface area contributed by atoms with E-state index in [2.05, 4.69) is 5.32 Å². The molecule has 0 aliphatic carbocycles. The normalized spacial score (nSPS) is 17.7. The molecule has 1 aliphatic rings. The van der Waals surface area contributed by atoms with Crippen LogP contribution in [0, 0.1) is 5.92 Å². The largest absolute Gasteiger partial charge is 0.490 e. The Kier molecular flexibility index (Phi) is 4.84. The highest BCUT2D eigenvalue weighted by molar-refractivity contribution is 6.32. The Morgan fingerprint density at radius 1 is 1.50 bits per heavy atom. The van der Waals surface area contributed by atoms with Gasteiger partial charge in [-0.25, -0.2) is 0 Å². The molecular formula is C14H17ClN2O3. The Balaban J connectivity index is 1.78. The molecule has 20 heavy (non-hydrogen) atoms. The number of likely N-dealkylation sites (N-methyl/N-ethyl adjacent to an activating group) is 1. The van der Waals surface area contributed by atoms with E-state index in [0.29, 0.717) is 30.5 Å². The van der Waals surface area contributed by atoms with Gasteiger partial charge in [-0.05, 0) is 12.1 Å². The third-order valence-electron chi connectivity index (χ3n) is 3.22. The fourth-order valence-corrected chi connectivity index (χ4v) is 2.25. The Morgan fingerprint density at radius 2 is 2.25 bits per heavy atom. The predicted octanol–water partition coefficient (Wildman–Crippen LogP) is 1.31. The van der Waals surface area contributed by atoms with Crippen molar-refractivity contribution in [1.29, 1.82) is 0 Å². The van der Waals surface area contributed by atoms with Crippen molar-refractivity contribution in [3.63, 3.8) is 0 Å². The fourth-order valence-electron chi connectivity index (χ4n) is 2.06. The zero-order valence-electron chi connectivity index (χ0n) is 11.3. The lowest BCUT2D eigenvalue weighted by atomic mass is 10.1. The molecule has 0 bridgehead atoms. The van der Waals surface area contributed by atoms with Gasteiger partial charge in [-0.3, -0.25) is 9.59 Å². The van der Waals surface area contributed by atoms with Gasteiger partial charge in [0.25, 0.3) is 0 Å². The molecule has 1 atom stereocenters. The molecule has 0 spiro atoms. The predicted molar refractivity (Wildman–Crippen MR) is 75.7 cm³/mol. The average molecular weight is 297 g/mol. The van der Waals surface area contributed by atoms with E-state index < -0.39 is 0 Å². The summed E-state index contributed by atoms with van der Waals surface area (Å²) in [6.07, 6.45) is 0.272. The molecule has 1 unspecified atom stereocenters. The molecule has 5 nitrogen and oxygen atoms in total. The van der Waals surface area contributed by atoms with Crippen molar-refractivity contribution in [2.24, 2.45) is 5.92 Å². The van der Waals surface area contributed by atoms with Crippen LogP contribution in [0.5, 0.6) is 5.75 Å². The summed E-state index contributed by atoms with van der Waals surface area (Å²) in [5.74, 6) is 0.246. The van der Waals surface area contributed by atoms with Gasteiger partial charge in [0.05, 0.1) is 17.5 Å². The molecule has 0 aromatic heterocycles. The molecule has 1 N–H and O–H groups in total. The molecule has 1 aromatic carbocycles. The van der Waals surface area contributed by atoms with Crippen LogP contribution in [0.25, 0.3) is 0 Å². The topological polar surface area (TPSA) is 58.6 Å². The number of carbonyl (C=O) groups excluding carboxylic acids is 2. The number of benzene rings is 1. The van der Waals surface area contributed by atoms with Crippen LogP contribution in [0.15, 0.2) is 24.3 Å². The summed E-state index contributed by atoms with van der Waals surface area (Å²) in [5.41, 5.74) is 0. The number of nitrogens with zero attached hydrogens (tertiary/aromatic N) is 1. The van der Waals surface area contributed by atoms with Crippen LogP contribution in [0.3, 0.4) is 0 Å². The minimum Gasteiger partial charge on any atom is -0.490 e. The van der Waals surface area contributed by atoms with E-state index in [1.807, 2.05) is 12.1 Å². The van der Waals surface area contributed by atoms with Gasteiger partial charge in [-0.1, -0.05) is 23.7 Å². The molecule has 0 radical (unpaired) electrons. The molecule has 1 aromatic rings. The maximum Gasteiger partial charge on any atom is 0.227 e. The van der Waals surface area contributed by atoms with Crippen molar-refractivity contribution in [1.82, 2.24) is 10.2 Å². The molecule has 1 aliphatic heterocycles. The lowest BCUT2D eigenvalue weighted by Gasteiger charge is -2.20. The van der Waals surface area contributed by atoms with Crippen molar-refractivity contribution in [2.45, 2.75) is 6.42 Å². The second-order valence-corrected chi connectivity index (χ2v) is 5.15. The molecule has 0 saturated carbocycles. The average Bonchev–Trinajstić information content (AvgIpc) is 2.86.